The van der Waals surface area contributed by atoms with Gasteiger partial charge < -0.3 is 10.2 Å². The number of aromatic nitrogens is 2. The molecule has 0 spiro atoms. The third-order valence-corrected chi connectivity index (χ3v) is 5.06. The van der Waals surface area contributed by atoms with Crippen LogP contribution < -0.4 is 0 Å². The van der Waals surface area contributed by atoms with Crippen molar-refractivity contribution in [1.29, 1.82) is 0 Å². The number of hydrogen-bond acceptors (Lipinski definition) is 5. The molecular formula is C20H25ClN4O4. The van der Waals surface area contributed by atoms with E-state index in [9.17, 15) is 0 Å². The quantitative estimate of drug-likeness (QED) is 0.580. The van der Waals surface area contributed by atoms with Crippen molar-refractivity contribution in [2.45, 2.75) is 52.1 Å². The largest absolute Gasteiger partial charge is 0.473 e. The molecule has 0 radical (unpaired) electrons. The molecule has 1 aliphatic rings. The standard InChI is InChI=1S/C18H23ClN4.C2H2O4/c1-13-8-7-9-14(2)22(13)20-12-17-15(3)21-23(18(17)19)16-10-5-4-6-11-16;3-1(4)2(5)6/h4-6,10-14H,7-9H2,1-3H3;(H,3,4)(H,5,6). The molecule has 0 aliphatic carbocycles. The monoisotopic (exact) mass is 420 g/mol. The third kappa shape index (κ3) is 5.80. The van der Waals surface area contributed by atoms with Gasteiger partial charge in [-0.05, 0) is 52.2 Å². The van der Waals surface area contributed by atoms with Crippen molar-refractivity contribution in [3.05, 3.63) is 46.7 Å². The number of carboxylic acid groups (broad SMARTS) is 2. The first-order chi connectivity index (χ1) is 13.7. The Morgan fingerprint density at radius 3 is 2.21 bits per heavy atom. The topological polar surface area (TPSA) is 108 Å². The first kappa shape index (κ1) is 22.4. The fourth-order valence-electron chi connectivity index (χ4n) is 3.16. The SMILES string of the molecule is Cc1nn(-c2ccccc2)c(Cl)c1C=NN1C(C)CCCC1C.O=C(O)C(=O)O. The van der Waals surface area contributed by atoms with Gasteiger partial charge in [-0.3, -0.25) is 5.01 Å². The summed E-state index contributed by atoms with van der Waals surface area (Å²) >= 11 is 6.55. The molecule has 0 bridgehead atoms. The Hall–Kier alpha value is -2.87. The molecule has 1 fully saturated rings. The van der Waals surface area contributed by atoms with Crippen LogP contribution in [-0.4, -0.2) is 55.2 Å². The molecule has 2 N–H and O–H groups in total. The lowest BCUT2D eigenvalue weighted by Gasteiger charge is -2.36. The summed E-state index contributed by atoms with van der Waals surface area (Å²) in [4.78, 5) is 18.2. The molecule has 1 aromatic carbocycles. The number of aryl methyl sites for hydroxylation is 1. The number of hydrogen-bond donors (Lipinski definition) is 2. The molecule has 29 heavy (non-hydrogen) atoms. The summed E-state index contributed by atoms with van der Waals surface area (Å²) in [5, 5.41) is 26.9. The number of aliphatic carboxylic acids is 2. The highest BCUT2D eigenvalue weighted by Gasteiger charge is 2.23. The van der Waals surface area contributed by atoms with Gasteiger partial charge >= 0.3 is 11.9 Å². The van der Waals surface area contributed by atoms with E-state index in [-0.39, 0.29) is 0 Å². The molecule has 1 aromatic heterocycles. The van der Waals surface area contributed by atoms with E-state index >= 15 is 0 Å². The molecule has 1 saturated heterocycles. The number of halogens is 1. The maximum atomic E-state index is 9.10. The summed E-state index contributed by atoms with van der Waals surface area (Å²) < 4.78 is 1.77. The minimum Gasteiger partial charge on any atom is -0.473 e. The van der Waals surface area contributed by atoms with Crippen LogP contribution in [0.4, 0.5) is 0 Å². The van der Waals surface area contributed by atoms with Gasteiger partial charge in [-0.1, -0.05) is 29.8 Å². The van der Waals surface area contributed by atoms with Crippen molar-refractivity contribution in [1.82, 2.24) is 14.8 Å². The normalized spacial score (nSPS) is 19.0. The Morgan fingerprint density at radius 2 is 1.69 bits per heavy atom. The molecular weight excluding hydrogens is 396 g/mol. The van der Waals surface area contributed by atoms with E-state index in [0.717, 1.165) is 16.9 Å². The van der Waals surface area contributed by atoms with Crippen LogP contribution in [0.3, 0.4) is 0 Å². The number of piperidine rings is 1. The lowest BCUT2D eigenvalue weighted by molar-refractivity contribution is -0.159. The molecule has 9 heteroatoms. The second-order valence-electron chi connectivity index (χ2n) is 6.90. The zero-order chi connectivity index (χ0) is 21.6. The zero-order valence-corrected chi connectivity index (χ0v) is 17.4. The van der Waals surface area contributed by atoms with Crippen molar-refractivity contribution in [2.75, 3.05) is 0 Å². The van der Waals surface area contributed by atoms with Crippen LogP contribution in [0, 0.1) is 6.92 Å². The van der Waals surface area contributed by atoms with Gasteiger partial charge in [0.1, 0.15) is 5.15 Å². The van der Waals surface area contributed by atoms with E-state index in [1.807, 2.05) is 43.5 Å². The van der Waals surface area contributed by atoms with E-state index in [1.54, 1.807) is 4.68 Å². The Kier molecular flexibility index (Phi) is 7.78. The second-order valence-corrected chi connectivity index (χ2v) is 7.26. The number of carbonyl (C=O) groups is 2. The van der Waals surface area contributed by atoms with E-state index in [0.29, 0.717) is 17.2 Å². The van der Waals surface area contributed by atoms with Gasteiger partial charge in [-0.25, -0.2) is 14.3 Å². The number of benzene rings is 1. The van der Waals surface area contributed by atoms with Crippen molar-refractivity contribution in [3.8, 4) is 5.69 Å². The number of hydrazone groups is 1. The Labute approximate surface area is 174 Å². The summed E-state index contributed by atoms with van der Waals surface area (Å²) in [5.41, 5.74) is 2.74. The molecule has 2 atom stereocenters. The summed E-state index contributed by atoms with van der Waals surface area (Å²) in [6.07, 6.45) is 5.53. The van der Waals surface area contributed by atoms with Crippen LogP contribution in [0.5, 0.6) is 0 Å². The maximum absolute atomic E-state index is 9.10. The molecule has 0 saturated carbocycles. The van der Waals surface area contributed by atoms with Gasteiger partial charge in [-0.15, -0.1) is 0 Å². The van der Waals surface area contributed by atoms with Crippen LogP contribution >= 0.6 is 11.6 Å². The number of para-hydroxylation sites is 1. The molecule has 2 unspecified atom stereocenters. The van der Waals surface area contributed by atoms with Crippen LogP contribution in [-0.2, 0) is 9.59 Å². The number of nitrogens with zero attached hydrogens (tertiary/aromatic N) is 4. The van der Waals surface area contributed by atoms with Gasteiger partial charge in [0.25, 0.3) is 0 Å². The van der Waals surface area contributed by atoms with Gasteiger partial charge in [0.2, 0.25) is 0 Å². The smallest absolute Gasteiger partial charge is 0.414 e. The predicted molar refractivity (Wildman–Crippen MR) is 111 cm³/mol. The van der Waals surface area contributed by atoms with E-state index < -0.39 is 11.9 Å². The lowest BCUT2D eigenvalue weighted by Crippen LogP contribution is -2.39. The average Bonchev–Trinajstić information content (AvgIpc) is 2.96. The number of rotatable bonds is 3. The van der Waals surface area contributed by atoms with Gasteiger partial charge in [0.15, 0.2) is 0 Å². The Bertz CT molecular complexity index is 860. The lowest BCUT2D eigenvalue weighted by atomic mass is 10.00. The summed E-state index contributed by atoms with van der Waals surface area (Å²) in [5.74, 6) is -3.65. The van der Waals surface area contributed by atoms with Crippen LogP contribution in [0.25, 0.3) is 5.69 Å². The summed E-state index contributed by atoms with van der Waals surface area (Å²) in [6.45, 7) is 6.43. The fourth-order valence-corrected chi connectivity index (χ4v) is 3.48. The third-order valence-electron chi connectivity index (χ3n) is 4.70. The molecule has 2 heterocycles. The second kappa shape index (κ2) is 10.1. The number of carboxylic acids is 2. The van der Waals surface area contributed by atoms with Crippen molar-refractivity contribution in [2.24, 2.45) is 5.10 Å². The minimum absolute atomic E-state index is 0.471. The van der Waals surface area contributed by atoms with Gasteiger partial charge in [0, 0.05) is 12.1 Å². The van der Waals surface area contributed by atoms with Crippen molar-refractivity contribution < 1.29 is 19.8 Å². The molecule has 0 amide bonds. The molecule has 8 nitrogen and oxygen atoms in total. The summed E-state index contributed by atoms with van der Waals surface area (Å²) in [6, 6.07) is 10.9. The fraction of sp³-hybridized carbons (Fsp3) is 0.400. The summed E-state index contributed by atoms with van der Waals surface area (Å²) in [7, 11) is 0. The van der Waals surface area contributed by atoms with Crippen LogP contribution in [0.2, 0.25) is 5.15 Å². The molecule has 2 aromatic rings. The van der Waals surface area contributed by atoms with Gasteiger partial charge in [0.05, 0.1) is 23.2 Å². The minimum atomic E-state index is -1.82. The van der Waals surface area contributed by atoms with Gasteiger partial charge in [-0.2, -0.15) is 10.2 Å². The highest BCUT2D eigenvalue weighted by molar-refractivity contribution is 6.32. The maximum Gasteiger partial charge on any atom is 0.414 e. The first-order valence-electron chi connectivity index (χ1n) is 9.31. The van der Waals surface area contributed by atoms with E-state index in [4.69, 9.17) is 36.5 Å². The predicted octanol–water partition coefficient (Wildman–Crippen LogP) is 3.59. The van der Waals surface area contributed by atoms with Crippen molar-refractivity contribution >= 4 is 29.8 Å². The molecule has 3 rings (SSSR count). The molecule has 156 valence electrons. The van der Waals surface area contributed by atoms with E-state index in [2.05, 4.69) is 24.0 Å². The Morgan fingerprint density at radius 1 is 1.14 bits per heavy atom. The first-order valence-corrected chi connectivity index (χ1v) is 9.69. The average molecular weight is 421 g/mol. The van der Waals surface area contributed by atoms with Crippen LogP contribution in [0.1, 0.15) is 44.4 Å². The van der Waals surface area contributed by atoms with E-state index in [1.165, 1.54) is 19.3 Å². The highest BCUT2D eigenvalue weighted by Crippen LogP contribution is 2.25. The van der Waals surface area contributed by atoms with Crippen LogP contribution in [0.15, 0.2) is 35.4 Å². The highest BCUT2D eigenvalue weighted by atomic mass is 35.5. The molecule has 1 aliphatic heterocycles. The zero-order valence-electron chi connectivity index (χ0n) is 16.6. The Balaban J connectivity index is 0.000000438. The van der Waals surface area contributed by atoms with Crippen molar-refractivity contribution in [3.63, 3.8) is 0 Å².